The lowest BCUT2D eigenvalue weighted by Gasteiger charge is -2.41. The second-order valence-corrected chi connectivity index (χ2v) is 9.01. The lowest BCUT2D eigenvalue weighted by Crippen LogP contribution is -2.51. The van der Waals surface area contributed by atoms with Crippen LogP contribution in [0.4, 0.5) is 16.0 Å². The Morgan fingerprint density at radius 2 is 1.85 bits per heavy atom. The molecule has 33 heavy (non-hydrogen) atoms. The number of anilines is 2. The first kappa shape index (κ1) is 21.6. The average molecular weight is 471 g/mol. The van der Waals surface area contributed by atoms with E-state index >= 15 is 0 Å². The van der Waals surface area contributed by atoms with Crippen molar-refractivity contribution in [3.05, 3.63) is 53.9 Å². The number of nitrogens with one attached hydrogen (secondary N) is 1. The second kappa shape index (κ2) is 8.94. The van der Waals surface area contributed by atoms with Crippen molar-refractivity contribution < 1.29 is 12.8 Å². The normalized spacial score (nSPS) is 18.3. The Labute approximate surface area is 192 Å². The van der Waals surface area contributed by atoms with Gasteiger partial charge in [-0.3, -0.25) is 0 Å². The topological polar surface area (TPSA) is 117 Å². The molecule has 0 saturated carbocycles. The summed E-state index contributed by atoms with van der Waals surface area (Å²) in [5, 5.41) is 0. The van der Waals surface area contributed by atoms with Gasteiger partial charge in [0.05, 0.1) is 11.7 Å². The van der Waals surface area contributed by atoms with Gasteiger partial charge in [0.1, 0.15) is 17.5 Å². The zero-order chi connectivity index (χ0) is 22.9. The Morgan fingerprint density at radius 1 is 1.09 bits per heavy atom. The lowest BCUT2D eigenvalue weighted by atomic mass is 9.99. The number of hydrogen-bond acceptors (Lipinski definition) is 9. The summed E-state index contributed by atoms with van der Waals surface area (Å²) in [7, 11) is -2.60. The molecule has 10 nitrogen and oxygen atoms in total. The largest absolute Gasteiger partial charge is 0.356 e. The molecular weight excluding hydrogens is 447 g/mol. The molecule has 0 radical (unpaired) electrons. The minimum atomic E-state index is -2.60. The van der Waals surface area contributed by atoms with E-state index < -0.39 is 10.9 Å². The van der Waals surface area contributed by atoms with Crippen LogP contribution in [0, 0.1) is 11.7 Å². The number of thiol groups is 1. The van der Waals surface area contributed by atoms with Crippen LogP contribution in [0.15, 0.2) is 36.8 Å². The van der Waals surface area contributed by atoms with Gasteiger partial charge in [0.25, 0.3) is 0 Å². The summed E-state index contributed by atoms with van der Waals surface area (Å²) < 4.78 is 38.3. The van der Waals surface area contributed by atoms with Crippen LogP contribution in [0.25, 0.3) is 11.6 Å². The van der Waals surface area contributed by atoms with E-state index in [1.165, 1.54) is 12.1 Å². The first-order valence-corrected chi connectivity index (χ1v) is 11.9. The fraction of sp³-hybridized carbons (Fsp3) is 0.381. The smallest absolute Gasteiger partial charge is 0.201 e. The molecule has 2 aliphatic rings. The summed E-state index contributed by atoms with van der Waals surface area (Å²) in [5.74, 6) is 1.92. The van der Waals surface area contributed by atoms with E-state index in [2.05, 4.69) is 29.6 Å². The van der Waals surface area contributed by atoms with E-state index in [1.807, 2.05) is 11.8 Å². The van der Waals surface area contributed by atoms with Crippen molar-refractivity contribution in [1.82, 2.24) is 29.6 Å². The molecule has 3 aromatic rings. The summed E-state index contributed by atoms with van der Waals surface area (Å²) in [5.41, 5.74) is 1.90. The molecule has 3 aromatic heterocycles. The number of rotatable bonds is 6. The fourth-order valence-corrected chi connectivity index (χ4v) is 4.68. The van der Waals surface area contributed by atoms with Crippen molar-refractivity contribution in [1.29, 1.82) is 0 Å². The van der Waals surface area contributed by atoms with Crippen molar-refractivity contribution in [3.63, 3.8) is 0 Å². The summed E-state index contributed by atoms with van der Waals surface area (Å²) in [4.78, 5) is 26.3. The Balaban J connectivity index is 1.34. The van der Waals surface area contributed by atoms with Crippen LogP contribution in [0.5, 0.6) is 0 Å². The van der Waals surface area contributed by atoms with Gasteiger partial charge in [-0.2, -0.15) is 0 Å². The Morgan fingerprint density at radius 3 is 2.61 bits per heavy atom. The minimum absolute atomic E-state index is 0.0802. The number of aromatic nitrogens is 5. The van der Waals surface area contributed by atoms with Gasteiger partial charge in [0, 0.05) is 74.8 Å². The highest BCUT2D eigenvalue weighted by Crippen LogP contribution is 2.34. The summed E-state index contributed by atoms with van der Waals surface area (Å²) in [6, 6.07) is 4.52. The van der Waals surface area contributed by atoms with Crippen LogP contribution in [0.3, 0.4) is 0 Å². The first-order chi connectivity index (χ1) is 16.0. The van der Waals surface area contributed by atoms with Crippen LogP contribution in [-0.4, -0.2) is 59.5 Å². The maximum atomic E-state index is 14.5. The highest BCUT2D eigenvalue weighted by atomic mass is 32.2. The monoisotopic (exact) mass is 470 g/mol. The van der Waals surface area contributed by atoms with Crippen molar-refractivity contribution in [2.24, 2.45) is 5.92 Å². The Hall–Kier alpha value is -3.25. The van der Waals surface area contributed by atoms with E-state index in [-0.39, 0.29) is 17.8 Å². The minimum Gasteiger partial charge on any atom is -0.356 e. The third-order valence-corrected chi connectivity index (χ3v) is 6.46. The van der Waals surface area contributed by atoms with Gasteiger partial charge in [-0.05, 0) is 13.0 Å². The average Bonchev–Trinajstić information content (AvgIpc) is 2.78. The highest BCUT2D eigenvalue weighted by Gasteiger charge is 2.31. The molecule has 0 bridgehead atoms. The van der Waals surface area contributed by atoms with E-state index in [4.69, 9.17) is 4.98 Å². The molecule has 1 fully saturated rings. The third-order valence-electron chi connectivity index (χ3n) is 6.02. The van der Waals surface area contributed by atoms with Crippen LogP contribution in [0.2, 0.25) is 0 Å². The SMILES string of the molecule is CC1c2cnc(-c3ncccn3)nc2CCN1c1cc(F)cc(N2CC(CN[SH](=O)=O)C2)n1. The predicted molar refractivity (Wildman–Crippen MR) is 121 cm³/mol. The first-order valence-electron chi connectivity index (χ1n) is 10.7. The molecular formula is C21H23FN8O2S. The molecule has 0 spiro atoms. The number of hydrogen-bond donors (Lipinski definition) is 2. The van der Waals surface area contributed by atoms with E-state index in [0.717, 1.165) is 11.3 Å². The van der Waals surface area contributed by atoms with Crippen molar-refractivity contribution >= 4 is 22.5 Å². The fourth-order valence-electron chi connectivity index (χ4n) is 4.27. The Kier molecular flexibility index (Phi) is 5.85. The summed E-state index contributed by atoms with van der Waals surface area (Å²) in [6.45, 7) is 4.31. The van der Waals surface area contributed by atoms with Gasteiger partial charge < -0.3 is 9.80 Å². The third kappa shape index (κ3) is 4.48. The van der Waals surface area contributed by atoms with Gasteiger partial charge >= 0.3 is 0 Å². The van der Waals surface area contributed by atoms with Crippen molar-refractivity contribution in [3.8, 4) is 11.6 Å². The highest BCUT2D eigenvalue weighted by molar-refractivity contribution is 7.70. The standard InChI is InChI=1S/C21H23FN8O2S/c1-13-16-10-25-21(20-23-4-2-5-24-20)27-17(16)3-6-30(13)19-8-15(22)7-18(28-19)29-11-14(12-29)9-26-33(31)32/h2,4-5,7-8,10,13-14,33H,3,6,9,11-12H2,1H3,(H,26,31,32). The van der Waals surface area contributed by atoms with Gasteiger partial charge in [-0.15, -0.1) is 0 Å². The molecule has 5 rings (SSSR count). The molecule has 2 aliphatic heterocycles. The van der Waals surface area contributed by atoms with Crippen LogP contribution in [0.1, 0.15) is 24.2 Å². The van der Waals surface area contributed by atoms with E-state index in [9.17, 15) is 12.8 Å². The molecule has 0 amide bonds. The number of halogens is 1. The summed E-state index contributed by atoms with van der Waals surface area (Å²) in [6.07, 6.45) is 5.77. The number of nitrogens with zero attached hydrogens (tertiary/aromatic N) is 7. The van der Waals surface area contributed by atoms with Gasteiger partial charge in [-0.25, -0.2) is 42.5 Å². The zero-order valence-corrected chi connectivity index (χ0v) is 18.8. The molecule has 5 heterocycles. The van der Waals surface area contributed by atoms with Crippen LogP contribution >= 0.6 is 0 Å². The van der Waals surface area contributed by atoms with Crippen molar-refractivity contribution in [2.75, 3.05) is 36.0 Å². The second-order valence-electron chi connectivity index (χ2n) is 8.18. The van der Waals surface area contributed by atoms with Gasteiger partial charge in [0.15, 0.2) is 11.6 Å². The van der Waals surface area contributed by atoms with E-state index in [1.54, 1.807) is 24.7 Å². The maximum Gasteiger partial charge on any atom is 0.201 e. The molecule has 1 atom stereocenters. The van der Waals surface area contributed by atoms with Crippen molar-refractivity contribution in [2.45, 2.75) is 19.4 Å². The van der Waals surface area contributed by atoms with E-state index in [0.29, 0.717) is 55.9 Å². The quantitative estimate of drug-likeness (QED) is 0.512. The van der Waals surface area contributed by atoms with Gasteiger partial charge in [0.2, 0.25) is 10.9 Å². The molecule has 1 saturated heterocycles. The lowest BCUT2D eigenvalue weighted by molar-refractivity contribution is 0.404. The number of pyridine rings is 1. The molecule has 172 valence electrons. The zero-order valence-electron chi connectivity index (χ0n) is 17.9. The van der Waals surface area contributed by atoms with Crippen LogP contribution in [-0.2, 0) is 17.3 Å². The predicted octanol–water partition coefficient (Wildman–Crippen LogP) is 1.14. The van der Waals surface area contributed by atoms with Crippen LogP contribution < -0.4 is 14.5 Å². The molecule has 0 aliphatic carbocycles. The molecule has 12 heteroatoms. The molecule has 1 unspecified atom stereocenters. The Bertz CT molecular complexity index is 1230. The molecule has 1 N–H and O–H groups in total. The van der Waals surface area contributed by atoms with Gasteiger partial charge in [-0.1, -0.05) is 0 Å². The summed E-state index contributed by atoms with van der Waals surface area (Å²) >= 11 is 0. The molecule has 0 aromatic carbocycles. The maximum absolute atomic E-state index is 14.5. The number of fused-ring (bicyclic) bond motifs is 1.